The van der Waals surface area contributed by atoms with Crippen LogP contribution in [0.15, 0.2) is 34.1 Å². The predicted octanol–water partition coefficient (Wildman–Crippen LogP) is 0.957. The van der Waals surface area contributed by atoms with Crippen molar-refractivity contribution in [2.75, 3.05) is 45.1 Å². The Bertz CT molecular complexity index is 818. The maximum absolute atomic E-state index is 12.6. The first kappa shape index (κ1) is 18.9. The van der Waals surface area contributed by atoms with E-state index in [4.69, 9.17) is 4.74 Å². The Labute approximate surface area is 156 Å². The van der Waals surface area contributed by atoms with Crippen molar-refractivity contribution < 1.29 is 9.53 Å². The largest absolute Gasteiger partial charge is 0.379 e. The minimum atomic E-state index is -0.141. The molecule has 0 unspecified atom stereocenters. The van der Waals surface area contributed by atoms with Gasteiger partial charge < -0.3 is 14.6 Å². The molecule has 3 rings (SSSR count). The minimum Gasteiger partial charge on any atom is -0.379 e. The summed E-state index contributed by atoms with van der Waals surface area (Å²) in [4.78, 5) is 31.4. The number of hydrogen-bond acceptors (Lipinski definition) is 6. The number of amides is 1. The van der Waals surface area contributed by atoms with Crippen LogP contribution in [0.2, 0.25) is 0 Å². The smallest absolute Gasteiger partial charge is 0.283 e. The molecule has 26 heavy (non-hydrogen) atoms. The summed E-state index contributed by atoms with van der Waals surface area (Å²) in [6, 6.07) is 7.56. The maximum atomic E-state index is 12.6. The van der Waals surface area contributed by atoms with Gasteiger partial charge in [-0.2, -0.15) is 0 Å². The van der Waals surface area contributed by atoms with Crippen molar-refractivity contribution in [1.82, 2.24) is 19.8 Å². The van der Waals surface area contributed by atoms with Crippen LogP contribution in [0.4, 0.5) is 0 Å². The molecule has 140 valence electrons. The number of rotatable bonds is 7. The van der Waals surface area contributed by atoms with Gasteiger partial charge in [-0.05, 0) is 19.1 Å². The van der Waals surface area contributed by atoms with Crippen molar-refractivity contribution in [3.63, 3.8) is 0 Å². The van der Waals surface area contributed by atoms with Gasteiger partial charge in [0.15, 0.2) is 5.03 Å². The summed E-state index contributed by atoms with van der Waals surface area (Å²) in [7, 11) is 0. The number of hydrogen-bond donors (Lipinski definition) is 1. The van der Waals surface area contributed by atoms with Crippen LogP contribution < -0.4 is 10.9 Å². The predicted molar refractivity (Wildman–Crippen MR) is 103 cm³/mol. The molecule has 1 aliphatic heterocycles. The summed E-state index contributed by atoms with van der Waals surface area (Å²) in [5.74, 6) is 0.105. The summed E-state index contributed by atoms with van der Waals surface area (Å²) in [5.41, 5.74) is 1.45. The first-order valence-electron chi connectivity index (χ1n) is 8.88. The molecule has 0 radical (unpaired) electrons. The molecule has 7 nitrogen and oxygen atoms in total. The summed E-state index contributed by atoms with van der Waals surface area (Å²) in [6.07, 6.45) is 0. The Morgan fingerprint density at radius 3 is 2.85 bits per heavy atom. The van der Waals surface area contributed by atoms with Gasteiger partial charge in [-0.1, -0.05) is 23.9 Å². The molecular weight excluding hydrogens is 352 g/mol. The summed E-state index contributed by atoms with van der Waals surface area (Å²) in [6.45, 7) is 7.23. The number of nitrogens with zero attached hydrogens (tertiary/aromatic N) is 3. The monoisotopic (exact) mass is 376 g/mol. The van der Waals surface area contributed by atoms with Crippen molar-refractivity contribution in [2.24, 2.45) is 0 Å². The third-order valence-electron chi connectivity index (χ3n) is 4.33. The summed E-state index contributed by atoms with van der Waals surface area (Å²) >= 11 is 1.20. The van der Waals surface area contributed by atoms with Crippen molar-refractivity contribution in [3.8, 4) is 0 Å². The highest BCUT2D eigenvalue weighted by atomic mass is 32.2. The number of aromatic nitrogens is 2. The molecule has 0 bridgehead atoms. The quantitative estimate of drug-likeness (QED) is 0.726. The second-order valence-electron chi connectivity index (χ2n) is 6.05. The zero-order valence-electron chi connectivity index (χ0n) is 14.9. The van der Waals surface area contributed by atoms with Crippen molar-refractivity contribution >= 4 is 28.7 Å². The molecule has 1 aromatic heterocycles. The topological polar surface area (TPSA) is 76.5 Å². The van der Waals surface area contributed by atoms with Gasteiger partial charge in [0.1, 0.15) is 0 Å². The zero-order chi connectivity index (χ0) is 18.4. The molecule has 1 saturated heterocycles. The first-order valence-corrected chi connectivity index (χ1v) is 9.86. The van der Waals surface area contributed by atoms with Gasteiger partial charge >= 0.3 is 0 Å². The summed E-state index contributed by atoms with van der Waals surface area (Å²) in [5, 5.41) is 3.28. The lowest BCUT2D eigenvalue weighted by Crippen LogP contribution is -2.41. The lowest BCUT2D eigenvalue weighted by Gasteiger charge is -2.26. The van der Waals surface area contributed by atoms with Gasteiger partial charge in [0.25, 0.3) is 5.56 Å². The molecule has 1 aromatic carbocycles. The molecule has 1 N–H and O–H groups in total. The van der Waals surface area contributed by atoms with Crippen LogP contribution in [0.5, 0.6) is 0 Å². The van der Waals surface area contributed by atoms with Gasteiger partial charge in [0, 0.05) is 32.7 Å². The molecule has 1 amide bonds. The fourth-order valence-corrected chi connectivity index (χ4v) is 3.71. The van der Waals surface area contributed by atoms with Crippen LogP contribution in [0.25, 0.3) is 11.0 Å². The second-order valence-corrected chi connectivity index (χ2v) is 7.01. The highest BCUT2D eigenvalue weighted by Gasteiger charge is 2.13. The average Bonchev–Trinajstić information content (AvgIpc) is 2.67. The van der Waals surface area contributed by atoms with E-state index in [1.165, 1.54) is 11.8 Å². The lowest BCUT2D eigenvalue weighted by atomic mass is 10.3. The highest BCUT2D eigenvalue weighted by Crippen LogP contribution is 2.16. The van der Waals surface area contributed by atoms with Crippen LogP contribution in [0.1, 0.15) is 6.92 Å². The normalized spacial score (nSPS) is 15.3. The Morgan fingerprint density at radius 2 is 2.08 bits per heavy atom. The van der Waals surface area contributed by atoms with E-state index in [2.05, 4.69) is 15.2 Å². The van der Waals surface area contributed by atoms with E-state index in [1.54, 1.807) is 4.57 Å². The number of carbonyl (C=O) groups excluding carboxylic acids is 1. The minimum absolute atomic E-state index is 0.0827. The number of carbonyl (C=O) groups is 1. The number of morpholine rings is 1. The fraction of sp³-hybridized carbons (Fsp3) is 0.500. The Balaban J connectivity index is 1.56. The SMILES string of the molecule is CCn1c(=O)c(SCC(=O)NCCN2CCOCC2)nc2ccccc21. The average molecular weight is 376 g/mol. The van der Waals surface area contributed by atoms with Crippen LogP contribution in [-0.2, 0) is 16.1 Å². The molecule has 1 fully saturated rings. The third kappa shape index (κ3) is 4.63. The van der Waals surface area contributed by atoms with E-state index in [-0.39, 0.29) is 17.2 Å². The summed E-state index contributed by atoms with van der Waals surface area (Å²) < 4.78 is 7.00. The van der Waals surface area contributed by atoms with Crippen molar-refractivity contribution in [3.05, 3.63) is 34.6 Å². The molecule has 0 spiro atoms. The van der Waals surface area contributed by atoms with E-state index in [1.807, 2.05) is 31.2 Å². The number of thioether (sulfide) groups is 1. The first-order chi connectivity index (χ1) is 12.7. The Morgan fingerprint density at radius 1 is 1.31 bits per heavy atom. The van der Waals surface area contributed by atoms with Gasteiger partial charge in [0.05, 0.1) is 30.0 Å². The number of para-hydroxylation sites is 2. The Hall–Kier alpha value is -1.90. The molecule has 8 heteroatoms. The lowest BCUT2D eigenvalue weighted by molar-refractivity contribution is -0.118. The van der Waals surface area contributed by atoms with Crippen molar-refractivity contribution in [1.29, 1.82) is 0 Å². The zero-order valence-corrected chi connectivity index (χ0v) is 15.8. The second kappa shape index (κ2) is 9.16. The Kier molecular flexibility index (Phi) is 6.65. The fourth-order valence-electron chi connectivity index (χ4n) is 2.94. The van der Waals surface area contributed by atoms with E-state index < -0.39 is 0 Å². The number of benzene rings is 1. The van der Waals surface area contributed by atoms with Crippen LogP contribution in [0.3, 0.4) is 0 Å². The van der Waals surface area contributed by atoms with E-state index in [0.717, 1.165) is 43.9 Å². The van der Waals surface area contributed by atoms with E-state index in [9.17, 15) is 9.59 Å². The van der Waals surface area contributed by atoms with Gasteiger partial charge in [0.2, 0.25) is 5.91 Å². The van der Waals surface area contributed by atoms with Gasteiger partial charge in [-0.3, -0.25) is 14.5 Å². The van der Waals surface area contributed by atoms with Crippen LogP contribution >= 0.6 is 11.8 Å². The number of ether oxygens (including phenoxy) is 1. The molecule has 0 atom stereocenters. The molecule has 2 aromatic rings. The number of aryl methyl sites for hydroxylation is 1. The molecular formula is C18H24N4O3S. The molecule has 0 saturated carbocycles. The van der Waals surface area contributed by atoms with Gasteiger partial charge in [-0.15, -0.1) is 0 Å². The number of fused-ring (bicyclic) bond motifs is 1. The molecule has 1 aliphatic rings. The highest BCUT2D eigenvalue weighted by molar-refractivity contribution is 7.99. The standard InChI is InChI=1S/C18H24N4O3S/c1-2-22-15-6-4-3-5-14(15)20-17(18(22)24)26-13-16(23)19-7-8-21-9-11-25-12-10-21/h3-6H,2,7-13H2,1H3,(H,19,23). The van der Waals surface area contributed by atoms with Gasteiger partial charge in [-0.25, -0.2) is 4.98 Å². The maximum Gasteiger partial charge on any atom is 0.283 e. The van der Waals surface area contributed by atoms with Crippen LogP contribution in [0, 0.1) is 0 Å². The molecule has 0 aliphatic carbocycles. The van der Waals surface area contributed by atoms with E-state index >= 15 is 0 Å². The van der Waals surface area contributed by atoms with Crippen molar-refractivity contribution in [2.45, 2.75) is 18.5 Å². The van der Waals surface area contributed by atoms with E-state index in [0.29, 0.717) is 18.1 Å². The van der Waals surface area contributed by atoms with Crippen LogP contribution in [-0.4, -0.2) is 65.5 Å². The third-order valence-corrected chi connectivity index (χ3v) is 5.28. The molecule has 2 heterocycles. The number of nitrogens with one attached hydrogen (secondary N) is 1.